The summed E-state index contributed by atoms with van der Waals surface area (Å²) in [5, 5.41) is 3.26. The van der Waals surface area contributed by atoms with Gasteiger partial charge in [0, 0.05) is 6.04 Å². The molecule has 0 aromatic heterocycles. The molecule has 19 heavy (non-hydrogen) atoms. The first kappa shape index (κ1) is 16.2. The van der Waals surface area contributed by atoms with E-state index in [0.29, 0.717) is 12.3 Å². The highest BCUT2D eigenvalue weighted by molar-refractivity contribution is 6.05. The van der Waals surface area contributed by atoms with Crippen LogP contribution >= 0.6 is 0 Å². The van der Waals surface area contributed by atoms with E-state index in [0.717, 1.165) is 13.0 Å². The van der Waals surface area contributed by atoms with E-state index < -0.39 is 0 Å². The molecule has 0 saturated carbocycles. The van der Waals surface area contributed by atoms with Crippen molar-refractivity contribution >= 4 is 11.8 Å². The van der Waals surface area contributed by atoms with E-state index in [-0.39, 0.29) is 29.3 Å². The zero-order valence-electron chi connectivity index (χ0n) is 13.1. The van der Waals surface area contributed by atoms with Crippen molar-refractivity contribution in [2.75, 3.05) is 6.54 Å². The second kappa shape index (κ2) is 6.04. The summed E-state index contributed by atoms with van der Waals surface area (Å²) in [4.78, 5) is 25.6. The van der Waals surface area contributed by atoms with Gasteiger partial charge in [-0.15, -0.1) is 0 Å². The van der Waals surface area contributed by atoms with Crippen LogP contribution in [0.3, 0.4) is 0 Å². The van der Waals surface area contributed by atoms with Crippen molar-refractivity contribution in [1.29, 1.82) is 0 Å². The molecule has 0 aromatic carbocycles. The molecular formula is C15H28N2O2. The Labute approximate surface area is 116 Å². The molecular weight excluding hydrogens is 240 g/mol. The fourth-order valence-corrected chi connectivity index (χ4v) is 2.08. The minimum atomic E-state index is -0.328. The van der Waals surface area contributed by atoms with Gasteiger partial charge in [0.25, 0.3) is 0 Å². The van der Waals surface area contributed by atoms with Crippen LogP contribution in [0.5, 0.6) is 0 Å². The van der Waals surface area contributed by atoms with Crippen molar-refractivity contribution in [3.8, 4) is 0 Å². The molecule has 3 unspecified atom stereocenters. The fourth-order valence-electron chi connectivity index (χ4n) is 2.08. The summed E-state index contributed by atoms with van der Waals surface area (Å²) >= 11 is 0. The summed E-state index contributed by atoms with van der Waals surface area (Å²) in [6.07, 6.45) is 1.11. The van der Waals surface area contributed by atoms with E-state index in [1.54, 1.807) is 0 Å². The third-order valence-corrected chi connectivity index (χ3v) is 4.36. The number of nitrogens with zero attached hydrogens (tertiary/aromatic N) is 1. The number of nitrogens with one attached hydrogen (secondary N) is 1. The molecule has 0 bridgehead atoms. The highest BCUT2D eigenvalue weighted by Crippen LogP contribution is 2.25. The first-order valence-corrected chi connectivity index (χ1v) is 7.27. The number of amides is 2. The van der Waals surface area contributed by atoms with Gasteiger partial charge in [-0.05, 0) is 31.2 Å². The monoisotopic (exact) mass is 268 g/mol. The Morgan fingerprint density at radius 1 is 1.32 bits per heavy atom. The second-order valence-electron chi connectivity index (χ2n) is 6.79. The minimum absolute atomic E-state index is 0.00633. The van der Waals surface area contributed by atoms with Gasteiger partial charge >= 0.3 is 0 Å². The number of rotatable bonds is 5. The highest BCUT2D eigenvalue weighted by atomic mass is 16.2. The van der Waals surface area contributed by atoms with Crippen molar-refractivity contribution < 1.29 is 9.59 Å². The summed E-state index contributed by atoms with van der Waals surface area (Å²) in [5.74, 6) is 0.355. The number of imide groups is 1. The molecule has 1 heterocycles. The van der Waals surface area contributed by atoms with Crippen LogP contribution in [0.1, 0.15) is 54.4 Å². The van der Waals surface area contributed by atoms with Crippen LogP contribution < -0.4 is 5.32 Å². The van der Waals surface area contributed by atoms with E-state index in [1.807, 2.05) is 13.8 Å². The summed E-state index contributed by atoms with van der Waals surface area (Å²) in [6, 6.07) is -0.321. The molecule has 4 nitrogen and oxygen atoms in total. The van der Waals surface area contributed by atoms with Gasteiger partial charge in [0.2, 0.25) is 11.8 Å². The zero-order valence-corrected chi connectivity index (χ0v) is 13.1. The maximum absolute atomic E-state index is 12.2. The normalized spacial score (nSPS) is 23.9. The third-order valence-electron chi connectivity index (χ3n) is 4.36. The molecule has 0 radical (unpaired) electrons. The standard InChI is InChI=1S/C15H28N2O2/c1-7-11(3)17-13(18)8-12(14(17)19)16-9-10(2)15(4,5)6/h10-12,16H,7-9H2,1-6H3. The average molecular weight is 268 g/mol. The molecule has 1 N–H and O–H groups in total. The van der Waals surface area contributed by atoms with Crippen LogP contribution in [0.2, 0.25) is 0 Å². The summed E-state index contributed by atoms with van der Waals surface area (Å²) < 4.78 is 0. The van der Waals surface area contributed by atoms with Crippen LogP contribution in [0.4, 0.5) is 0 Å². The minimum Gasteiger partial charge on any atom is -0.305 e. The Morgan fingerprint density at radius 2 is 1.89 bits per heavy atom. The highest BCUT2D eigenvalue weighted by Gasteiger charge is 2.40. The first-order chi connectivity index (χ1) is 8.68. The van der Waals surface area contributed by atoms with Crippen LogP contribution in [-0.2, 0) is 9.59 Å². The molecule has 0 aromatic rings. The van der Waals surface area contributed by atoms with Gasteiger partial charge in [0.15, 0.2) is 0 Å². The zero-order chi connectivity index (χ0) is 14.8. The van der Waals surface area contributed by atoms with E-state index >= 15 is 0 Å². The smallest absolute Gasteiger partial charge is 0.247 e. The number of likely N-dealkylation sites (tertiary alicyclic amines) is 1. The number of carbonyl (C=O) groups excluding carboxylic acids is 2. The molecule has 4 heteroatoms. The molecule has 0 spiro atoms. The molecule has 1 aliphatic heterocycles. The molecule has 1 aliphatic rings. The van der Waals surface area contributed by atoms with Crippen molar-refractivity contribution in [3.05, 3.63) is 0 Å². The lowest BCUT2D eigenvalue weighted by Crippen LogP contribution is -2.44. The molecule has 2 amide bonds. The first-order valence-electron chi connectivity index (χ1n) is 7.27. The lowest BCUT2D eigenvalue weighted by molar-refractivity contribution is -0.141. The largest absolute Gasteiger partial charge is 0.305 e. The van der Waals surface area contributed by atoms with Gasteiger partial charge in [0.05, 0.1) is 12.5 Å². The predicted octanol–water partition coefficient (Wildman–Crippen LogP) is 2.18. The van der Waals surface area contributed by atoms with E-state index in [9.17, 15) is 9.59 Å². The van der Waals surface area contributed by atoms with E-state index in [1.165, 1.54) is 4.90 Å². The fraction of sp³-hybridized carbons (Fsp3) is 0.867. The third kappa shape index (κ3) is 3.78. The van der Waals surface area contributed by atoms with Crippen molar-refractivity contribution in [3.63, 3.8) is 0 Å². The molecule has 1 rings (SSSR count). The van der Waals surface area contributed by atoms with Gasteiger partial charge in [-0.25, -0.2) is 0 Å². The van der Waals surface area contributed by atoms with Gasteiger partial charge in [-0.2, -0.15) is 0 Å². The summed E-state index contributed by atoms with van der Waals surface area (Å²) in [6.45, 7) is 13.4. The number of carbonyl (C=O) groups is 2. The van der Waals surface area contributed by atoms with Crippen LogP contribution in [0, 0.1) is 11.3 Å². The van der Waals surface area contributed by atoms with Gasteiger partial charge in [-0.1, -0.05) is 34.6 Å². The molecule has 3 atom stereocenters. The Balaban J connectivity index is 2.58. The lowest BCUT2D eigenvalue weighted by atomic mass is 9.82. The van der Waals surface area contributed by atoms with Crippen LogP contribution in [0.15, 0.2) is 0 Å². The average Bonchev–Trinajstić information content (AvgIpc) is 2.59. The molecule has 1 fully saturated rings. The molecule has 110 valence electrons. The summed E-state index contributed by atoms with van der Waals surface area (Å²) in [5.41, 5.74) is 0.203. The SMILES string of the molecule is CCC(C)N1C(=O)CC(NCC(C)C(C)(C)C)C1=O. The molecule has 0 aliphatic carbocycles. The number of hydrogen-bond acceptors (Lipinski definition) is 3. The lowest BCUT2D eigenvalue weighted by Gasteiger charge is -2.28. The van der Waals surface area contributed by atoms with Crippen molar-refractivity contribution in [2.24, 2.45) is 11.3 Å². The topological polar surface area (TPSA) is 49.4 Å². The van der Waals surface area contributed by atoms with Crippen molar-refractivity contribution in [1.82, 2.24) is 10.2 Å². The Hall–Kier alpha value is -0.900. The Kier molecular flexibility index (Phi) is 5.13. The quantitative estimate of drug-likeness (QED) is 0.778. The van der Waals surface area contributed by atoms with Gasteiger partial charge in [0.1, 0.15) is 0 Å². The maximum Gasteiger partial charge on any atom is 0.247 e. The Morgan fingerprint density at radius 3 is 2.37 bits per heavy atom. The predicted molar refractivity (Wildman–Crippen MR) is 76.6 cm³/mol. The van der Waals surface area contributed by atoms with Crippen molar-refractivity contribution in [2.45, 2.75) is 66.5 Å². The summed E-state index contributed by atoms with van der Waals surface area (Å²) in [7, 11) is 0. The molecule has 1 saturated heterocycles. The van der Waals surface area contributed by atoms with Gasteiger partial charge in [-0.3, -0.25) is 14.5 Å². The van der Waals surface area contributed by atoms with E-state index in [2.05, 4.69) is 33.0 Å². The maximum atomic E-state index is 12.2. The van der Waals surface area contributed by atoms with Gasteiger partial charge < -0.3 is 5.32 Å². The second-order valence-corrected chi connectivity index (χ2v) is 6.79. The number of hydrogen-bond donors (Lipinski definition) is 1. The van der Waals surface area contributed by atoms with E-state index in [4.69, 9.17) is 0 Å². The van der Waals surface area contributed by atoms with Crippen LogP contribution in [-0.4, -0.2) is 35.3 Å². The Bertz CT molecular complexity index is 347. The van der Waals surface area contributed by atoms with Crippen LogP contribution in [0.25, 0.3) is 0 Å².